The summed E-state index contributed by atoms with van der Waals surface area (Å²) in [6.45, 7) is 1.97. The molecule has 0 fully saturated rings. The van der Waals surface area contributed by atoms with Crippen molar-refractivity contribution in [3.63, 3.8) is 0 Å². The summed E-state index contributed by atoms with van der Waals surface area (Å²) in [5.41, 5.74) is 7.88. The second-order valence-electron chi connectivity index (χ2n) is 4.41. The number of hydroxylamine groups is 1. The van der Waals surface area contributed by atoms with Crippen LogP contribution in [-0.2, 0) is 4.84 Å². The van der Waals surface area contributed by atoms with Crippen molar-refractivity contribution in [2.45, 2.75) is 6.92 Å². The lowest BCUT2D eigenvalue weighted by atomic mass is 10.0. The van der Waals surface area contributed by atoms with Crippen LogP contribution >= 0.6 is 0 Å². The molecule has 6 heteroatoms. The number of carboxylic acid groups (broad SMARTS) is 1. The molecule has 0 aliphatic rings. The Morgan fingerprint density at radius 3 is 2.29 bits per heavy atom. The summed E-state index contributed by atoms with van der Waals surface area (Å²) in [6, 6.07) is 14.4. The van der Waals surface area contributed by atoms with Gasteiger partial charge < -0.3 is 15.7 Å². The Kier molecular flexibility index (Phi) is 4.08. The Morgan fingerprint density at radius 1 is 1.10 bits per heavy atom. The summed E-state index contributed by atoms with van der Waals surface area (Å²) in [5, 5.41) is 9.51. The molecule has 0 unspecified atom stereocenters. The summed E-state index contributed by atoms with van der Waals surface area (Å²) in [6.07, 6.45) is -2.63. The van der Waals surface area contributed by atoms with Crippen molar-refractivity contribution in [2.75, 3.05) is 5.06 Å². The SMILES string of the molecule is Cc1cccc(-c2cccc(N(OC(N)=O)C(=O)O)c2)c1. The molecule has 0 spiro atoms. The van der Waals surface area contributed by atoms with Crippen LogP contribution in [0.4, 0.5) is 15.3 Å². The highest BCUT2D eigenvalue weighted by Gasteiger charge is 2.19. The first-order chi connectivity index (χ1) is 9.97. The third-order valence-corrected chi connectivity index (χ3v) is 2.79. The molecule has 3 N–H and O–H groups in total. The second-order valence-corrected chi connectivity index (χ2v) is 4.41. The fraction of sp³-hybridized carbons (Fsp3) is 0.0667. The van der Waals surface area contributed by atoms with Gasteiger partial charge in [-0.2, -0.15) is 0 Å². The zero-order valence-corrected chi connectivity index (χ0v) is 11.3. The van der Waals surface area contributed by atoms with E-state index < -0.39 is 12.2 Å². The number of nitrogens with two attached hydrogens (primary N) is 1. The average Bonchev–Trinajstić information content (AvgIpc) is 2.44. The molecule has 2 amide bonds. The summed E-state index contributed by atoms with van der Waals surface area (Å²) in [5.74, 6) is 0. The van der Waals surface area contributed by atoms with Gasteiger partial charge in [0.15, 0.2) is 0 Å². The van der Waals surface area contributed by atoms with E-state index in [0.717, 1.165) is 16.7 Å². The first kappa shape index (κ1) is 14.4. The fourth-order valence-corrected chi connectivity index (χ4v) is 1.93. The molecule has 0 bridgehead atoms. The van der Waals surface area contributed by atoms with E-state index in [0.29, 0.717) is 5.06 Å². The normalized spacial score (nSPS) is 9.95. The van der Waals surface area contributed by atoms with Crippen LogP contribution in [0.1, 0.15) is 5.56 Å². The van der Waals surface area contributed by atoms with Crippen molar-refractivity contribution >= 4 is 17.9 Å². The maximum atomic E-state index is 11.1. The second kappa shape index (κ2) is 5.96. The Hall–Kier alpha value is -3.02. The largest absolute Gasteiger partial charge is 0.463 e. The van der Waals surface area contributed by atoms with Gasteiger partial charge in [-0.25, -0.2) is 9.59 Å². The van der Waals surface area contributed by atoms with Crippen molar-refractivity contribution in [1.82, 2.24) is 0 Å². The van der Waals surface area contributed by atoms with Gasteiger partial charge in [0.25, 0.3) is 0 Å². The van der Waals surface area contributed by atoms with Crippen LogP contribution in [0.2, 0.25) is 0 Å². The molecule has 0 saturated carbocycles. The fourth-order valence-electron chi connectivity index (χ4n) is 1.93. The molecule has 2 rings (SSSR count). The average molecular weight is 286 g/mol. The topological polar surface area (TPSA) is 92.9 Å². The quantitative estimate of drug-likeness (QED) is 0.829. The number of carbonyl (C=O) groups is 2. The molecular weight excluding hydrogens is 272 g/mol. The zero-order chi connectivity index (χ0) is 15.4. The van der Waals surface area contributed by atoms with Gasteiger partial charge in [-0.15, -0.1) is 5.06 Å². The minimum absolute atomic E-state index is 0.195. The van der Waals surface area contributed by atoms with Crippen molar-refractivity contribution in [1.29, 1.82) is 0 Å². The van der Waals surface area contributed by atoms with Gasteiger partial charge in [0, 0.05) is 0 Å². The van der Waals surface area contributed by atoms with E-state index in [1.165, 1.54) is 6.07 Å². The molecule has 0 aromatic heterocycles. The molecular formula is C15H14N2O4. The van der Waals surface area contributed by atoms with Gasteiger partial charge in [0.2, 0.25) is 0 Å². The first-order valence-corrected chi connectivity index (χ1v) is 6.15. The number of amides is 2. The van der Waals surface area contributed by atoms with Crippen LogP contribution in [0.3, 0.4) is 0 Å². The van der Waals surface area contributed by atoms with Gasteiger partial charge in [-0.3, -0.25) is 0 Å². The number of rotatable bonds is 2. The van der Waals surface area contributed by atoms with E-state index in [1.807, 2.05) is 37.3 Å². The molecule has 21 heavy (non-hydrogen) atoms. The molecule has 6 nitrogen and oxygen atoms in total. The number of carbonyl (C=O) groups excluding carboxylic acids is 1. The van der Waals surface area contributed by atoms with Crippen LogP contribution in [0.15, 0.2) is 48.5 Å². The highest BCUT2D eigenvalue weighted by Crippen LogP contribution is 2.25. The molecule has 2 aromatic carbocycles. The number of primary amides is 1. The van der Waals surface area contributed by atoms with Crippen LogP contribution in [-0.4, -0.2) is 17.3 Å². The van der Waals surface area contributed by atoms with E-state index in [2.05, 4.69) is 4.84 Å². The molecule has 0 heterocycles. The van der Waals surface area contributed by atoms with Crippen molar-refractivity contribution in [3.8, 4) is 11.1 Å². The van der Waals surface area contributed by atoms with E-state index in [-0.39, 0.29) is 5.69 Å². The molecule has 0 saturated heterocycles. The van der Waals surface area contributed by atoms with Crippen LogP contribution in [0.5, 0.6) is 0 Å². The summed E-state index contributed by atoms with van der Waals surface area (Å²) >= 11 is 0. The van der Waals surface area contributed by atoms with Crippen LogP contribution in [0.25, 0.3) is 11.1 Å². The molecule has 0 radical (unpaired) electrons. The Balaban J connectivity index is 2.40. The summed E-state index contributed by atoms with van der Waals surface area (Å²) in [4.78, 5) is 26.4. The minimum Gasteiger partial charge on any atom is -0.463 e. The van der Waals surface area contributed by atoms with Crippen molar-refractivity contribution in [2.24, 2.45) is 5.73 Å². The maximum absolute atomic E-state index is 11.1. The number of hydrogen-bond acceptors (Lipinski definition) is 3. The van der Waals surface area contributed by atoms with Gasteiger partial charge >= 0.3 is 12.2 Å². The number of aryl methyl sites for hydroxylation is 1. The molecule has 0 aliphatic carbocycles. The highest BCUT2D eigenvalue weighted by molar-refractivity contribution is 5.87. The monoisotopic (exact) mass is 286 g/mol. The van der Waals surface area contributed by atoms with Gasteiger partial charge in [0.1, 0.15) is 0 Å². The van der Waals surface area contributed by atoms with Crippen molar-refractivity contribution < 1.29 is 19.5 Å². The Labute approximate surface area is 121 Å². The Bertz CT molecular complexity index is 685. The molecule has 2 aromatic rings. The van der Waals surface area contributed by atoms with E-state index in [1.54, 1.807) is 12.1 Å². The number of nitrogens with zero attached hydrogens (tertiary/aromatic N) is 1. The smallest absolute Gasteiger partial charge is 0.445 e. The lowest BCUT2D eigenvalue weighted by Gasteiger charge is -2.17. The molecule has 0 aliphatic heterocycles. The number of benzene rings is 2. The summed E-state index contributed by atoms with van der Waals surface area (Å²) < 4.78 is 0. The Morgan fingerprint density at radius 2 is 1.71 bits per heavy atom. The van der Waals surface area contributed by atoms with Crippen LogP contribution in [0, 0.1) is 6.92 Å². The van der Waals surface area contributed by atoms with E-state index in [4.69, 9.17) is 10.8 Å². The van der Waals surface area contributed by atoms with E-state index in [9.17, 15) is 9.59 Å². The highest BCUT2D eigenvalue weighted by atomic mass is 16.7. The third kappa shape index (κ3) is 3.50. The number of hydrogen-bond donors (Lipinski definition) is 2. The third-order valence-electron chi connectivity index (χ3n) is 2.79. The number of anilines is 1. The lowest BCUT2D eigenvalue weighted by Crippen LogP contribution is -2.34. The van der Waals surface area contributed by atoms with Crippen LogP contribution < -0.4 is 10.8 Å². The standard InChI is InChI=1S/C15H14N2O4/c1-10-4-2-5-11(8-10)12-6-3-7-13(9-12)17(15(19)20)21-14(16)18/h2-9H,1H3,(H2,16,18)(H,19,20). The molecule has 0 atom stereocenters. The van der Waals surface area contributed by atoms with Gasteiger partial charge in [-0.05, 0) is 30.2 Å². The predicted octanol–water partition coefficient (Wildman–Crippen LogP) is 3.16. The lowest BCUT2D eigenvalue weighted by molar-refractivity contribution is 0.124. The van der Waals surface area contributed by atoms with Crippen molar-refractivity contribution in [3.05, 3.63) is 54.1 Å². The van der Waals surface area contributed by atoms with E-state index >= 15 is 0 Å². The summed E-state index contributed by atoms with van der Waals surface area (Å²) in [7, 11) is 0. The first-order valence-electron chi connectivity index (χ1n) is 6.15. The molecule has 108 valence electrons. The zero-order valence-electron chi connectivity index (χ0n) is 11.3. The van der Waals surface area contributed by atoms with Gasteiger partial charge in [-0.1, -0.05) is 42.0 Å². The maximum Gasteiger partial charge on any atom is 0.445 e. The minimum atomic E-state index is -1.44. The van der Waals surface area contributed by atoms with Gasteiger partial charge in [0.05, 0.1) is 5.69 Å². The predicted molar refractivity (Wildman–Crippen MR) is 77.8 cm³/mol.